The summed E-state index contributed by atoms with van der Waals surface area (Å²) in [6.45, 7) is 8.77. The molecule has 4 nitrogen and oxygen atoms in total. The number of aliphatic hydroxyl groups is 1. The number of hydrogen-bond acceptors (Lipinski definition) is 3. The molecule has 19 heavy (non-hydrogen) atoms. The molecule has 1 aromatic rings. The number of carbonyl (C=O) groups excluding carboxylic acids is 1. The van der Waals surface area contributed by atoms with E-state index in [1.165, 1.54) is 0 Å². The summed E-state index contributed by atoms with van der Waals surface area (Å²) in [6, 6.07) is 7.52. The van der Waals surface area contributed by atoms with Crippen LogP contribution in [0, 0.1) is 6.92 Å². The van der Waals surface area contributed by atoms with Gasteiger partial charge in [-0.15, -0.1) is 0 Å². The first kappa shape index (κ1) is 15.5. The molecule has 1 amide bonds. The lowest BCUT2D eigenvalue weighted by molar-refractivity contribution is -0.128. The first-order valence-electron chi connectivity index (χ1n) is 6.35. The molecule has 0 saturated heterocycles. The van der Waals surface area contributed by atoms with E-state index in [1.54, 1.807) is 33.8 Å². The molecular formula is C15H23NO3. The van der Waals surface area contributed by atoms with Gasteiger partial charge in [0.1, 0.15) is 5.75 Å². The summed E-state index contributed by atoms with van der Waals surface area (Å²) < 4.78 is 5.41. The van der Waals surface area contributed by atoms with Crippen LogP contribution in [0.5, 0.6) is 5.75 Å². The number of hydrogen-bond donors (Lipinski definition) is 2. The van der Waals surface area contributed by atoms with Crippen molar-refractivity contribution in [1.82, 2.24) is 5.32 Å². The van der Waals surface area contributed by atoms with E-state index < -0.39 is 11.1 Å². The monoisotopic (exact) mass is 265 g/mol. The van der Waals surface area contributed by atoms with Gasteiger partial charge >= 0.3 is 0 Å². The molecule has 0 aliphatic heterocycles. The Bertz CT molecular complexity index is 447. The second-order valence-corrected chi connectivity index (χ2v) is 5.84. The molecule has 0 atom stereocenters. The van der Waals surface area contributed by atoms with Crippen LogP contribution in [0.1, 0.15) is 33.3 Å². The van der Waals surface area contributed by atoms with Crippen LogP contribution in [0.25, 0.3) is 0 Å². The second-order valence-electron chi connectivity index (χ2n) is 5.84. The Kier molecular flexibility index (Phi) is 4.58. The van der Waals surface area contributed by atoms with Crippen molar-refractivity contribution in [2.75, 3.05) is 6.61 Å². The molecule has 106 valence electrons. The van der Waals surface area contributed by atoms with Gasteiger partial charge in [0.25, 0.3) is 5.91 Å². The summed E-state index contributed by atoms with van der Waals surface area (Å²) in [4.78, 5) is 11.8. The average Bonchev–Trinajstić information content (AvgIpc) is 2.24. The fourth-order valence-corrected chi connectivity index (χ4v) is 1.39. The molecule has 0 aliphatic rings. The summed E-state index contributed by atoms with van der Waals surface area (Å²) in [6.07, 6.45) is 0. The van der Waals surface area contributed by atoms with Crippen molar-refractivity contribution >= 4 is 5.91 Å². The Morgan fingerprint density at radius 3 is 2.47 bits per heavy atom. The standard InChI is InChI=1S/C15H23NO3/c1-11-7-6-8-12(9-11)19-10-13(17)16-14(2,3)15(4,5)18/h6-9,18H,10H2,1-5H3,(H,16,17). The molecule has 2 N–H and O–H groups in total. The number of nitrogens with one attached hydrogen (secondary N) is 1. The molecule has 0 unspecified atom stereocenters. The fourth-order valence-electron chi connectivity index (χ4n) is 1.39. The van der Waals surface area contributed by atoms with Gasteiger partial charge in [0, 0.05) is 0 Å². The van der Waals surface area contributed by atoms with Crippen LogP contribution in [0.2, 0.25) is 0 Å². The van der Waals surface area contributed by atoms with Gasteiger partial charge in [-0.05, 0) is 52.3 Å². The van der Waals surface area contributed by atoms with E-state index in [4.69, 9.17) is 4.74 Å². The minimum atomic E-state index is -1.01. The lowest BCUT2D eigenvalue weighted by Gasteiger charge is -2.37. The third-order valence-corrected chi connectivity index (χ3v) is 3.34. The normalized spacial score (nSPS) is 12.1. The highest BCUT2D eigenvalue weighted by molar-refractivity contribution is 5.78. The van der Waals surface area contributed by atoms with Crippen molar-refractivity contribution in [2.24, 2.45) is 0 Å². The van der Waals surface area contributed by atoms with Crippen LogP contribution in [0.4, 0.5) is 0 Å². The zero-order valence-corrected chi connectivity index (χ0v) is 12.3. The third kappa shape index (κ3) is 4.56. The van der Waals surface area contributed by atoms with Crippen molar-refractivity contribution < 1.29 is 14.6 Å². The molecule has 0 radical (unpaired) electrons. The predicted octanol–water partition coefficient (Wildman–Crippen LogP) is 2.04. The Labute approximate surface area is 114 Å². The molecule has 0 aliphatic carbocycles. The van der Waals surface area contributed by atoms with E-state index in [0.717, 1.165) is 5.56 Å². The van der Waals surface area contributed by atoms with Gasteiger partial charge in [0.2, 0.25) is 0 Å². The van der Waals surface area contributed by atoms with E-state index in [1.807, 2.05) is 25.1 Å². The van der Waals surface area contributed by atoms with Crippen molar-refractivity contribution in [2.45, 2.75) is 45.8 Å². The van der Waals surface area contributed by atoms with Crippen molar-refractivity contribution in [1.29, 1.82) is 0 Å². The van der Waals surface area contributed by atoms with Crippen LogP contribution >= 0.6 is 0 Å². The summed E-state index contributed by atoms with van der Waals surface area (Å²) in [5, 5.41) is 12.7. The first-order chi connectivity index (χ1) is 8.62. The second kappa shape index (κ2) is 5.61. The predicted molar refractivity (Wildman–Crippen MR) is 75.2 cm³/mol. The van der Waals surface area contributed by atoms with Crippen LogP contribution in [-0.4, -0.2) is 28.8 Å². The van der Waals surface area contributed by atoms with Gasteiger partial charge in [-0.2, -0.15) is 0 Å². The van der Waals surface area contributed by atoms with E-state index in [2.05, 4.69) is 5.32 Å². The number of benzene rings is 1. The Morgan fingerprint density at radius 1 is 1.32 bits per heavy atom. The Hall–Kier alpha value is -1.55. The molecule has 0 bridgehead atoms. The smallest absolute Gasteiger partial charge is 0.258 e. The van der Waals surface area contributed by atoms with E-state index in [0.29, 0.717) is 5.75 Å². The molecule has 0 saturated carbocycles. The molecule has 0 heterocycles. The third-order valence-electron chi connectivity index (χ3n) is 3.34. The van der Waals surface area contributed by atoms with Crippen LogP contribution < -0.4 is 10.1 Å². The van der Waals surface area contributed by atoms with Gasteiger partial charge in [0.15, 0.2) is 6.61 Å². The van der Waals surface area contributed by atoms with E-state index in [9.17, 15) is 9.90 Å². The molecule has 4 heteroatoms. The highest BCUT2D eigenvalue weighted by Gasteiger charge is 2.36. The van der Waals surface area contributed by atoms with Crippen molar-refractivity contribution in [3.8, 4) is 5.75 Å². The summed E-state index contributed by atoms with van der Waals surface area (Å²) in [5.41, 5.74) is -0.652. The molecule has 1 rings (SSSR count). The lowest BCUT2D eigenvalue weighted by atomic mass is 9.86. The Balaban J connectivity index is 2.53. The largest absolute Gasteiger partial charge is 0.484 e. The summed E-state index contributed by atoms with van der Waals surface area (Å²) in [5.74, 6) is 0.407. The van der Waals surface area contributed by atoms with Crippen LogP contribution in [0.15, 0.2) is 24.3 Å². The maximum absolute atomic E-state index is 11.8. The maximum atomic E-state index is 11.8. The Morgan fingerprint density at radius 2 is 1.95 bits per heavy atom. The highest BCUT2D eigenvalue weighted by Crippen LogP contribution is 2.20. The van der Waals surface area contributed by atoms with Gasteiger partial charge in [-0.3, -0.25) is 4.79 Å². The van der Waals surface area contributed by atoms with Crippen molar-refractivity contribution in [3.05, 3.63) is 29.8 Å². The van der Waals surface area contributed by atoms with Gasteiger partial charge in [-0.25, -0.2) is 0 Å². The number of carbonyl (C=O) groups is 1. The quantitative estimate of drug-likeness (QED) is 0.856. The fraction of sp³-hybridized carbons (Fsp3) is 0.533. The number of amides is 1. The van der Waals surface area contributed by atoms with Gasteiger partial charge < -0.3 is 15.2 Å². The minimum absolute atomic E-state index is 0.0665. The zero-order valence-electron chi connectivity index (χ0n) is 12.3. The summed E-state index contributed by atoms with van der Waals surface area (Å²) in [7, 11) is 0. The van der Waals surface area contributed by atoms with E-state index in [-0.39, 0.29) is 12.5 Å². The molecule has 1 aromatic carbocycles. The SMILES string of the molecule is Cc1cccc(OCC(=O)NC(C)(C)C(C)(C)O)c1. The minimum Gasteiger partial charge on any atom is -0.484 e. The lowest BCUT2D eigenvalue weighted by Crippen LogP contribution is -2.58. The highest BCUT2D eigenvalue weighted by atomic mass is 16.5. The maximum Gasteiger partial charge on any atom is 0.258 e. The molecule has 0 fully saturated rings. The molecule has 0 spiro atoms. The first-order valence-corrected chi connectivity index (χ1v) is 6.35. The van der Waals surface area contributed by atoms with Gasteiger partial charge in [0.05, 0.1) is 11.1 Å². The topological polar surface area (TPSA) is 58.6 Å². The number of ether oxygens (including phenoxy) is 1. The number of aryl methyl sites for hydroxylation is 1. The van der Waals surface area contributed by atoms with Gasteiger partial charge in [-0.1, -0.05) is 12.1 Å². The van der Waals surface area contributed by atoms with Crippen LogP contribution in [0.3, 0.4) is 0 Å². The average molecular weight is 265 g/mol. The zero-order chi connectivity index (χ0) is 14.7. The van der Waals surface area contributed by atoms with E-state index >= 15 is 0 Å². The molecule has 0 aromatic heterocycles. The summed E-state index contributed by atoms with van der Waals surface area (Å²) >= 11 is 0. The number of rotatable bonds is 5. The van der Waals surface area contributed by atoms with Crippen LogP contribution in [-0.2, 0) is 4.79 Å². The van der Waals surface area contributed by atoms with Crippen molar-refractivity contribution in [3.63, 3.8) is 0 Å². The molecular weight excluding hydrogens is 242 g/mol.